The smallest absolute Gasteiger partial charge is 0.328 e. The molecule has 0 aliphatic carbocycles. The van der Waals surface area contributed by atoms with Crippen molar-refractivity contribution in [2.75, 3.05) is 7.11 Å². The molecule has 2 aromatic heterocycles. The molecule has 3 aromatic carbocycles. The van der Waals surface area contributed by atoms with Crippen molar-refractivity contribution in [3.05, 3.63) is 119 Å². The molecule has 1 amide bonds. The quantitative estimate of drug-likeness (QED) is 0.260. The van der Waals surface area contributed by atoms with Crippen LogP contribution >= 0.6 is 11.6 Å². The van der Waals surface area contributed by atoms with Crippen molar-refractivity contribution in [2.45, 2.75) is 19.1 Å². The number of rotatable bonds is 9. The summed E-state index contributed by atoms with van der Waals surface area (Å²) in [6.45, 7) is 0.453. The Labute approximate surface area is 230 Å². The zero-order valence-electron chi connectivity index (χ0n) is 21.1. The van der Waals surface area contributed by atoms with Crippen molar-refractivity contribution in [1.82, 2.24) is 19.9 Å². The molecule has 1 atom stereocenters. The first-order chi connectivity index (χ1) is 19.0. The van der Waals surface area contributed by atoms with Crippen molar-refractivity contribution in [3.8, 4) is 17.0 Å². The van der Waals surface area contributed by atoms with Crippen LogP contribution in [0.1, 0.15) is 21.6 Å². The van der Waals surface area contributed by atoms with Crippen molar-refractivity contribution in [1.29, 1.82) is 0 Å². The molecule has 0 bridgehead atoms. The average Bonchev–Trinajstić information content (AvgIpc) is 3.42. The summed E-state index contributed by atoms with van der Waals surface area (Å²) in [6, 6.07) is 27.0. The van der Waals surface area contributed by atoms with Gasteiger partial charge in [-0.2, -0.15) is 5.10 Å². The van der Waals surface area contributed by atoms with Gasteiger partial charge in [0.25, 0.3) is 5.91 Å². The van der Waals surface area contributed by atoms with Gasteiger partial charge in [-0.25, -0.2) is 14.3 Å². The molecule has 0 aliphatic heterocycles. The van der Waals surface area contributed by atoms with Gasteiger partial charge in [0.15, 0.2) is 11.3 Å². The standard InChI is InChI=1S/C30H25ClN4O4/c1-38-30(37)26(17-20-7-13-24(14-8-20)39-19-21-5-3-2-4-6-21)33-29(36)25-18-28-32-16-15-27(35(28)34-25)22-9-11-23(31)12-10-22/h2-16,18,26H,17,19H2,1H3,(H,33,36)/t26-/m0/s1. The van der Waals surface area contributed by atoms with Gasteiger partial charge in [0, 0.05) is 29.3 Å². The second-order valence-corrected chi connectivity index (χ2v) is 9.24. The minimum atomic E-state index is -0.910. The van der Waals surface area contributed by atoms with Crippen molar-refractivity contribution >= 4 is 29.1 Å². The number of esters is 1. The fourth-order valence-corrected chi connectivity index (χ4v) is 4.24. The molecule has 0 fully saturated rings. The summed E-state index contributed by atoms with van der Waals surface area (Å²) in [4.78, 5) is 30.0. The molecule has 2 heterocycles. The number of nitrogens with one attached hydrogen (secondary N) is 1. The third-order valence-electron chi connectivity index (χ3n) is 6.13. The minimum absolute atomic E-state index is 0.127. The van der Waals surface area contributed by atoms with E-state index in [0.29, 0.717) is 23.0 Å². The van der Waals surface area contributed by atoms with E-state index in [-0.39, 0.29) is 12.1 Å². The first-order valence-corrected chi connectivity index (χ1v) is 12.6. The van der Waals surface area contributed by atoms with E-state index in [0.717, 1.165) is 22.4 Å². The Bertz CT molecular complexity index is 1590. The molecule has 0 unspecified atom stereocenters. The molecule has 0 saturated carbocycles. The molecule has 9 heteroatoms. The molecule has 0 saturated heterocycles. The number of halogens is 1. The highest BCUT2D eigenvalue weighted by Crippen LogP contribution is 2.22. The van der Waals surface area contributed by atoms with E-state index in [4.69, 9.17) is 21.1 Å². The van der Waals surface area contributed by atoms with Gasteiger partial charge >= 0.3 is 5.97 Å². The fourth-order valence-electron chi connectivity index (χ4n) is 4.11. The van der Waals surface area contributed by atoms with Crippen LogP contribution in [-0.2, 0) is 22.6 Å². The maximum atomic E-state index is 13.1. The van der Waals surface area contributed by atoms with E-state index < -0.39 is 17.9 Å². The number of carbonyl (C=O) groups excluding carboxylic acids is 2. The number of nitrogens with zero attached hydrogens (tertiary/aromatic N) is 3. The second kappa shape index (κ2) is 11.8. The Morgan fingerprint density at radius 3 is 2.41 bits per heavy atom. The van der Waals surface area contributed by atoms with E-state index in [1.807, 2.05) is 66.7 Å². The number of fused-ring (bicyclic) bond motifs is 1. The number of benzene rings is 3. The predicted octanol–water partition coefficient (Wildman–Crippen LogP) is 5.14. The number of amides is 1. The van der Waals surface area contributed by atoms with E-state index in [1.165, 1.54) is 7.11 Å². The summed E-state index contributed by atoms with van der Waals surface area (Å²) in [6.07, 6.45) is 1.88. The summed E-state index contributed by atoms with van der Waals surface area (Å²) in [7, 11) is 1.29. The molecule has 196 valence electrons. The molecule has 0 spiro atoms. The average molecular weight is 541 g/mol. The number of carbonyl (C=O) groups is 2. The second-order valence-electron chi connectivity index (χ2n) is 8.81. The van der Waals surface area contributed by atoms with Crippen LogP contribution in [0.2, 0.25) is 5.02 Å². The number of ether oxygens (including phenoxy) is 2. The summed E-state index contributed by atoms with van der Waals surface area (Å²) < 4.78 is 12.4. The first kappa shape index (κ1) is 25.9. The Hall–Kier alpha value is -4.69. The van der Waals surface area contributed by atoms with Crippen LogP contribution in [0.25, 0.3) is 16.9 Å². The SMILES string of the molecule is COC(=O)[C@H](Cc1ccc(OCc2ccccc2)cc1)NC(=O)c1cc2nccc(-c3ccc(Cl)cc3)n2n1. The van der Waals surface area contributed by atoms with E-state index in [9.17, 15) is 9.59 Å². The van der Waals surface area contributed by atoms with Gasteiger partial charge < -0.3 is 14.8 Å². The van der Waals surface area contributed by atoms with Gasteiger partial charge in [-0.15, -0.1) is 0 Å². The normalized spacial score (nSPS) is 11.6. The predicted molar refractivity (Wildman–Crippen MR) is 148 cm³/mol. The van der Waals surface area contributed by atoms with Crippen LogP contribution in [0.4, 0.5) is 0 Å². The summed E-state index contributed by atoms with van der Waals surface area (Å²) in [5.74, 6) is -0.368. The Kier molecular flexibility index (Phi) is 7.84. The van der Waals surface area contributed by atoms with Gasteiger partial charge in [0.2, 0.25) is 0 Å². The third kappa shape index (κ3) is 6.25. The lowest BCUT2D eigenvalue weighted by atomic mass is 10.1. The van der Waals surface area contributed by atoms with Gasteiger partial charge in [-0.1, -0.05) is 66.2 Å². The van der Waals surface area contributed by atoms with Crippen LogP contribution in [0, 0.1) is 0 Å². The molecule has 8 nitrogen and oxygen atoms in total. The Balaban J connectivity index is 1.29. The molecule has 5 rings (SSSR count). The number of methoxy groups -OCH3 is 1. The van der Waals surface area contributed by atoms with Crippen molar-refractivity contribution < 1.29 is 19.1 Å². The Morgan fingerprint density at radius 2 is 1.69 bits per heavy atom. The fraction of sp³-hybridized carbons (Fsp3) is 0.133. The largest absolute Gasteiger partial charge is 0.489 e. The molecular formula is C30H25ClN4O4. The zero-order chi connectivity index (χ0) is 27.2. The van der Waals surface area contributed by atoms with E-state index in [1.54, 1.807) is 35.0 Å². The monoisotopic (exact) mass is 540 g/mol. The lowest BCUT2D eigenvalue weighted by Gasteiger charge is -2.16. The number of hydrogen-bond donors (Lipinski definition) is 1. The van der Waals surface area contributed by atoms with Crippen LogP contribution in [0.15, 0.2) is 97.2 Å². The van der Waals surface area contributed by atoms with Crippen LogP contribution in [0.5, 0.6) is 5.75 Å². The molecule has 0 radical (unpaired) electrons. The van der Waals surface area contributed by atoms with Crippen molar-refractivity contribution in [2.24, 2.45) is 0 Å². The lowest BCUT2D eigenvalue weighted by Crippen LogP contribution is -2.43. The third-order valence-corrected chi connectivity index (χ3v) is 6.39. The molecule has 0 aliphatic rings. The van der Waals surface area contributed by atoms with E-state index >= 15 is 0 Å². The maximum absolute atomic E-state index is 13.1. The summed E-state index contributed by atoms with van der Waals surface area (Å²) >= 11 is 6.02. The highest BCUT2D eigenvalue weighted by atomic mass is 35.5. The van der Waals surface area contributed by atoms with E-state index in [2.05, 4.69) is 15.4 Å². The Morgan fingerprint density at radius 1 is 0.949 bits per heavy atom. The topological polar surface area (TPSA) is 94.8 Å². The molecule has 1 N–H and O–H groups in total. The lowest BCUT2D eigenvalue weighted by molar-refractivity contribution is -0.142. The van der Waals surface area contributed by atoms with Crippen molar-refractivity contribution in [3.63, 3.8) is 0 Å². The van der Waals surface area contributed by atoms with Gasteiger partial charge in [-0.3, -0.25) is 4.79 Å². The number of aromatic nitrogens is 3. The maximum Gasteiger partial charge on any atom is 0.328 e. The molecule has 5 aromatic rings. The zero-order valence-corrected chi connectivity index (χ0v) is 21.8. The summed E-state index contributed by atoms with van der Waals surface area (Å²) in [5, 5.41) is 7.83. The van der Waals surface area contributed by atoms with Crippen LogP contribution in [0.3, 0.4) is 0 Å². The molecule has 39 heavy (non-hydrogen) atoms. The van der Waals surface area contributed by atoms with Crippen LogP contribution in [-0.4, -0.2) is 39.6 Å². The highest BCUT2D eigenvalue weighted by molar-refractivity contribution is 6.30. The van der Waals surface area contributed by atoms with Gasteiger partial charge in [0.1, 0.15) is 18.4 Å². The van der Waals surface area contributed by atoms with Gasteiger partial charge in [0.05, 0.1) is 12.8 Å². The van der Waals surface area contributed by atoms with Gasteiger partial charge in [-0.05, 0) is 41.5 Å². The summed E-state index contributed by atoms with van der Waals surface area (Å²) in [5.41, 5.74) is 4.13. The number of hydrogen-bond acceptors (Lipinski definition) is 6. The first-order valence-electron chi connectivity index (χ1n) is 12.3. The highest BCUT2D eigenvalue weighted by Gasteiger charge is 2.24. The molecular weight excluding hydrogens is 516 g/mol. The van der Waals surface area contributed by atoms with Crippen LogP contribution < -0.4 is 10.1 Å². The minimum Gasteiger partial charge on any atom is -0.489 e.